The minimum absolute atomic E-state index is 0.152. The first-order chi connectivity index (χ1) is 9.04. The summed E-state index contributed by atoms with van der Waals surface area (Å²) in [6, 6.07) is 10.5. The van der Waals surface area contributed by atoms with Crippen molar-refractivity contribution in [3.05, 3.63) is 54.1 Å². The Morgan fingerprint density at radius 1 is 0.895 bits per heavy atom. The molecule has 5 heteroatoms. The van der Waals surface area contributed by atoms with E-state index < -0.39 is 11.6 Å². The van der Waals surface area contributed by atoms with Crippen LogP contribution in [0.2, 0.25) is 0 Å². The van der Waals surface area contributed by atoms with Crippen LogP contribution in [-0.2, 0) is 4.79 Å². The van der Waals surface area contributed by atoms with Gasteiger partial charge in [0.25, 0.3) is 0 Å². The lowest BCUT2D eigenvalue weighted by atomic mass is 10.2. The second-order valence-electron chi connectivity index (χ2n) is 4.01. The minimum atomic E-state index is -0.903. The number of carbonyl (C=O) groups is 1. The van der Waals surface area contributed by atoms with Gasteiger partial charge in [0, 0.05) is 30.1 Å². The van der Waals surface area contributed by atoms with Gasteiger partial charge in [-0.3, -0.25) is 4.79 Å². The van der Waals surface area contributed by atoms with E-state index in [1.165, 1.54) is 13.0 Å². The number of carbonyl (C=O) groups excluding carboxylic acids is 1. The summed E-state index contributed by atoms with van der Waals surface area (Å²) in [5.74, 6) is -1.94. The maximum Gasteiger partial charge on any atom is 0.221 e. The van der Waals surface area contributed by atoms with E-state index in [9.17, 15) is 13.6 Å². The number of anilines is 3. The molecule has 2 aromatic carbocycles. The third kappa shape index (κ3) is 3.51. The van der Waals surface area contributed by atoms with E-state index in [1.54, 1.807) is 24.3 Å². The average molecular weight is 262 g/mol. The van der Waals surface area contributed by atoms with E-state index >= 15 is 0 Å². The molecular formula is C14H12F2N2O. The van der Waals surface area contributed by atoms with Gasteiger partial charge in [0.1, 0.15) is 0 Å². The minimum Gasteiger partial charge on any atom is -0.355 e. The Kier molecular flexibility index (Phi) is 3.75. The van der Waals surface area contributed by atoms with Crippen LogP contribution in [0.4, 0.5) is 25.8 Å². The zero-order valence-electron chi connectivity index (χ0n) is 10.2. The average Bonchev–Trinajstić information content (AvgIpc) is 2.36. The fraction of sp³-hybridized carbons (Fsp3) is 0.0714. The van der Waals surface area contributed by atoms with Crippen LogP contribution in [0.1, 0.15) is 6.92 Å². The highest BCUT2D eigenvalue weighted by atomic mass is 19.2. The molecule has 2 rings (SSSR count). The van der Waals surface area contributed by atoms with Gasteiger partial charge in [0.2, 0.25) is 5.91 Å². The Hall–Kier alpha value is -2.43. The number of rotatable bonds is 3. The number of hydrogen-bond acceptors (Lipinski definition) is 2. The number of hydrogen-bond donors (Lipinski definition) is 2. The summed E-state index contributed by atoms with van der Waals surface area (Å²) >= 11 is 0. The van der Waals surface area contributed by atoms with Gasteiger partial charge >= 0.3 is 0 Å². The Balaban J connectivity index is 2.10. The highest BCUT2D eigenvalue weighted by Crippen LogP contribution is 2.20. The molecule has 0 aromatic heterocycles. The smallest absolute Gasteiger partial charge is 0.221 e. The summed E-state index contributed by atoms with van der Waals surface area (Å²) in [5, 5.41) is 5.57. The van der Waals surface area contributed by atoms with Crippen molar-refractivity contribution in [3.63, 3.8) is 0 Å². The van der Waals surface area contributed by atoms with Gasteiger partial charge < -0.3 is 10.6 Å². The lowest BCUT2D eigenvalue weighted by Gasteiger charge is -2.08. The van der Waals surface area contributed by atoms with Crippen molar-refractivity contribution in [1.29, 1.82) is 0 Å². The number of benzene rings is 2. The first-order valence-electron chi connectivity index (χ1n) is 5.64. The maximum atomic E-state index is 13.0. The van der Waals surface area contributed by atoms with Gasteiger partial charge in [-0.2, -0.15) is 0 Å². The number of halogens is 2. The Labute approximate surface area is 109 Å². The summed E-state index contributed by atoms with van der Waals surface area (Å²) in [4.78, 5) is 10.9. The Bertz CT molecular complexity index is 597. The molecule has 0 unspecified atom stereocenters. The molecule has 0 saturated carbocycles. The van der Waals surface area contributed by atoms with Crippen LogP contribution in [0.3, 0.4) is 0 Å². The van der Waals surface area contributed by atoms with Gasteiger partial charge in [0.15, 0.2) is 11.6 Å². The molecule has 0 saturated heterocycles. The van der Waals surface area contributed by atoms with Crippen molar-refractivity contribution >= 4 is 23.0 Å². The van der Waals surface area contributed by atoms with Crippen LogP contribution < -0.4 is 10.6 Å². The molecule has 19 heavy (non-hydrogen) atoms. The van der Waals surface area contributed by atoms with E-state index in [-0.39, 0.29) is 5.91 Å². The van der Waals surface area contributed by atoms with Crippen molar-refractivity contribution in [1.82, 2.24) is 0 Å². The van der Waals surface area contributed by atoms with Crippen LogP contribution in [0.5, 0.6) is 0 Å². The van der Waals surface area contributed by atoms with E-state index in [4.69, 9.17) is 0 Å². The van der Waals surface area contributed by atoms with Crippen LogP contribution in [0.25, 0.3) is 0 Å². The van der Waals surface area contributed by atoms with Crippen LogP contribution in [0, 0.1) is 11.6 Å². The summed E-state index contributed by atoms with van der Waals surface area (Å²) in [6.07, 6.45) is 0. The second-order valence-corrected chi connectivity index (χ2v) is 4.01. The molecule has 0 spiro atoms. The first-order valence-corrected chi connectivity index (χ1v) is 5.64. The third-order valence-electron chi connectivity index (χ3n) is 2.41. The van der Waals surface area contributed by atoms with Crippen molar-refractivity contribution in [2.24, 2.45) is 0 Å². The number of nitrogens with one attached hydrogen (secondary N) is 2. The third-order valence-corrected chi connectivity index (χ3v) is 2.41. The van der Waals surface area contributed by atoms with Gasteiger partial charge in [-0.1, -0.05) is 0 Å². The standard InChI is InChI=1S/C14H12F2N2O/c1-9(19)17-10-2-4-11(5-3-10)18-12-6-7-13(15)14(16)8-12/h2-8,18H,1H3,(H,17,19). The Morgan fingerprint density at radius 3 is 2.05 bits per heavy atom. The lowest BCUT2D eigenvalue weighted by molar-refractivity contribution is -0.114. The molecule has 0 fully saturated rings. The normalized spacial score (nSPS) is 10.1. The van der Waals surface area contributed by atoms with Crippen LogP contribution in [-0.4, -0.2) is 5.91 Å². The van der Waals surface area contributed by atoms with Gasteiger partial charge in [-0.15, -0.1) is 0 Å². The molecule has 0 heterocycles. The van der Waals surface area contributed by atoms with Crippen molar-refractivity contribution in [3.8, 4) is 0 Å². The van der Waals surface area contributed by atoms with E-state index in [1.807, 2.05) is 0 Å². The molecule has 0 bridgehead atoms. The van der Waals surface area contributed by atoms with E-state index in [0.29, 0.717) is 17.1 Å². The fourth-order valence-corrected chi connectivity index (χ4v) is 1.58. The molecule has 98 valence electrons. The van der Waals surface area contributed by atoms with Crippen LogP contribution in [0.15, 0.2) is 42.5 Å². The summed E-state index contributed by atoms with van der Waals surface area (Å²) in [6.45, 7) is 1.42. The topological polar surface area (TPSA) is 41.1 Å². The molecule has 1 amide bonds. The zero-order chi connectivity index (χ0) is 13.8. The second kappa shape index (κ2) is 5.48. The first kappa shape index (κ1) is 13.0. The highest BCUT2D eigenvalue weighted by Gasteiger charge is 2.03. The summed E-state index contributed by atoms with van der Waals surface area (Å²) < 4.78 is 25.8. The predicted octanol–water partition coefficient (Wildman–Crippen LogP) is 3.67. The van der Waals surface area contributed by atoms with Gasteiger partial charge in [-0.05, 0) is 36.4 Å². The molecule has 3 nitrogen and oxygen atoms in total. The molecule has 0 aliphatic heterocycles. The maximum absolute atomic E-state index is 13.0. The quantitative estimate of drug-likeness (QED) is 0.886. The molecule has 0 aliphatic rings. The van der Waals surface area contributed by atoms with Crippen molar-refractivity contribution < 1.29 is 13.6 Å². The fourth-order valence-electron chi connectivity index (χ4n) is 1.58. The summed E-state index contributed by atoms with van der Waals surface area (Å²) in [7, 11) is 0. The monoisotopic (exact) mass is 262 g/mol. The van der Waals surface area contributed by atoms with Gasteiger partial charge in [-0.25, -0.2) is 8.78 Å². The molecule has 0 atom stereocenters. The largest absolute Gasteiger partial charge is 0.355 e. The van der Waals surface area contributed by atoms with E-state index in [0.717, 1.165) is 12.1 Å². The highest BCUT2D eigenvalue weighted by molar-refractivity contribution is 5.88. The molecular weight excluding hydrogens is 250 g/mol. The van der Waals surface area contributed by atoms with Crippen molar-refractivity contribution in [2.45, 2.75) is 6.92 Å². The Morgan fingerprint density at radius 2 is 1.47 bits per heavy atom. The van der Waals surface area contributed by atoms with Gasteiger partial charge in [0.05, 0.1) is 0 Å². The number of amides is 1. The van der Waals surface area contributed by atoms with E-state index in [2.05, 4.69) is 10.6 Å². The SMILES string of the molecule is CC(=O)Nc1ccc(Nc2ccc(F)c(F)c2)cc1. The molecule has 0 radical (unpaired) electrons. The predicted molar refractivity (Wildman–Crippen MR) is 70.4 cm³/mol. The molecule has 2 N–H and O–H groups in total. The summed E-state index contributed by atoms with van der Waals surface area (Å²) in [5.41, 5.74) is 1.83. The van der Waals surface area contributed by atoms with Crippen LogP contribution >= 0.6 is 0 Å². The molecule has 2 aromatic rings. The zero-order valence-corrected chi connectivity index (χ0v) is 10.2. The van der Waals surface area contributed by atoms with Crippen molar-refractivity contribution in [2.75, 3.05) is 10.6 Å². The molecule has 0 aliphatic carbocycles. The lowest BCUT2D eigenvalue weighted by Crippen LogP contribution is -2.05.